The Kier molecular flexibility index (Phi) is 4.53. The number of rotatable bonds is 5. The summed E-state index contributed by atoms with van der Waals surface area (Å²) in [5, 5.41) is 17.0. The zero-order valence-corrected chi connectivity index (χ0v) is 12.5. The van der Waals surface area contributed by atoms with Gasteiger partial charge in [-0.1, -0.05) is 24.6 Å². The van der Waals surface area contributed by atoms with Crippen molar-refractivity contribution in [3.05, 3.63) is 48.3 Å². The van der Waals surface area contributed by atoms with E-state index in [1.165, 1.54) is 5.56 Å². The Hall–Kier alpha value is -2.14. The lowest BCUT2D eigenvalue weighted by Crippen LogP contribution is -2.36. The normalized spacial score (nSPS) is 21.6. The van der Waals surface area contributed by atoms with Crippen molar-refractivity contribution in [3.8, 4) is 5.69 Å². The van der Waals surface area contributed by atoms with Crippen molar-refractivity contribution in [3.63, 3.8) is 0 Å². The molecule has 2 N–H and O–H groups in total. The van der Waals surface area contributed by atoms with Crippen LogP contribution in [0.1, 0.15) is 31.2 Å². The highest BCUT2D eigenvalue weighted by atomic mass is 16.4. The van der Waals surface area contributed by atoms with E-state index in [9.17, 15) is 9.90 Å². The zero-order chi connectivity index (χ0) is 15.4. The maximum absolute atomic E-state index is 11.1. The maximum atomic E-state index is 11.1. The van der Waals surface area contributed by atoms with Crippen LogP contribution in [0.5, 0.6) is 0 Å². The molecule has 3 rings (SSSR count). The monoisotopic (exact) mass is 299 g/mol. The summed E-state index contributed by atoms with van der Waals surface area (Å²) in [4.78, 5) is 11.1. The Labute approximate surface area is 130 Å². The molecule has 1 aliphatic carbocycles. The standard InChI is InChI=1S/C17H21N3O2/c21-17(22)13-6-3-7-15(11-13)18-12-14-5-1-2-8-16(14)20-10-4-9-19-20/h1-2,4-5,8-10,13,15,18H,3,6-7,11-12H2,(H,21,22)/t13-,15+/m1/s1. The molecule has 5 heteroatoms. The van der Waals surface area contributed by atoms with E-state index >= 15 is 0 Å². The van der Waals surface area contributed by atoms with Gasteiger partial charge in [-0.15, -0.1) is 0 Å². The van der Waals surface area contributed by atoms with Crippen LogP contribution in [-0.4, -0.2) is 26.9 Å². The van der Waals surface area contributed by atoms with Crippen molar-refractivity contribution in [1.82, 2.24) is 15.1 Å². The molecule has 1 saturated carbocycles. The number of benzene rings is 1. The topological polar surface area (TPSA) is 67.2 Å². The van der Waals surface area contributed by atoms with Gasteiger partial charge in [0.2, 0.25) is 0 Å². The average molecular weight is 299 g/mol. The van der Waals surface area contributed by atoms with Gasteiger partial charge in [-0.2, -0.15) is 5.10 Å². The largest absolute Gasteiger partial charge is 0.481 e. The summed E-state index contributed by atoms with van der Waals surface area (Å²) in [6.07, 6.45) is 7.25. The smallest absolute Gasteiger partial charge is 0.306 e. The Bertz CT molecular complexity index is 625. The van der Waals surface area contributed by atoms with Crippen molar-refractivity contribution < 1.29 is 9.90 Å². The van der Waals surface area contributed by atoms with Crippen LogP contribution in [0.2, 0.25) is 0 Å². The first-order valence-corrected chi connectivity index (χ1v) is 7.78. The van der Waals surface area contributed by atoms with Crippen molar-refractivity contribution in [2.75, 3.05) is 0 Å². The molecular formula is C17H21N3O2. The van der Waals surface area contributed by atoms with E-state index in [2.05, 4.69) is 16.5 Å². The minimum atomic E-state index is -0.663. The van der Waals surface area contributed by atoms with Crippen LogP contribution < -0.4 is 5.32 Å². The second-order valence-electron chi connectivity index (χ2n) is 5.86. The minimum Gasteiger partial charge on any atom is -0.481 e. The van der Waals surface area contributed by atoms with Gasteiger partial charge >= 0.3 is 5.97 Å². The summed E-state index contributed by atoms with van der Waals surface area (Å²) in [7, 11) is 0. The van der Waals surface area contributed by atoms with Gasteiger partial charge in [-0.25, -0.2) is 4.68 Å². The lowest BCUT2D eigenvalue weighted by molar-refractivity contribution is -0.143. The average Bonchev–Trinajstić information content (AvgIpc) is 3.08. The molecule has 1 aromatic carbocycles. The van der Waals surface area contributed by atoms with E-state index in [-0.39, 0.29) is 12.0 Å². The van der Waals surface area contributed by atoms with Gasteiger partial charge in [0.15, 0.2) is 0 Å². The number of hydrogen-bond acceptors (Lipinski definition) is 3. The second-order valence-corrected chi connectivity index (χ2v) is 5.86. The van der Waals surface area contributed by atoms with E-state index < -0.39 is 5.97 Å². The number of hydrogen-bond donors (Lipinski definition) is 2. The van der Waals surface area contributed by atoms with Gasteiger partial charge in [0.05, 0.1) is 11.6 Å². The lowest BCUT2D eigenvalue weighted by atomic mass is 9.85. The van der Waals surface area contributed by atoms with Gasteiger partial charge in [-0.3, -0.25) is 4.79 Å². The molecule has 0 spiro atoms. The maximum Gasteiger partial charge on any atom is 0.306 e. The molecule has 0 saturated heterocycles. The summed E-state index contributed by atoms with van der Waals surface area (Å²) >= 11 is 0. The van der Waals surface area contributed by atoms with Crippen LogP contribution in [0.25, 0.3) is 5.69 Å². The van der Waals surface area contributed by atoms with Crippen LogP contribution >= 0.6 is 0 Å². The Morgan fingerprint density at radius 3 is 2.95 bits per heavy atom. The van der Waals surface area contributed by atoms with Crippen LogP contribution in [0.15, 0.2) is 42.7 Å². The second kappa shape index (κ2) is 6.75. The molecule has 1 aliphatic rings. The van der Waals surface area contributed by atoms with Gasteiger partial charge in [0, 0.05) is 25.0 Å². The first-order chi connectivity index (χ1) is 10.7. The van der Waals surface area contributed by atoms with Gasteiger partial charge in [0.1, 0.15) is 0 Å². The number of carbonyl (C=O) groups is 1. The summed E-state index contributed by atoms with van der Waals surface area (Å²) in [6.45, 7) is 0.729. The van der Waals surface area contributed by atoms with E-state index in [0.29, 0.717) is 0 Å². The SMILES string of the molecule is O=C(O)[C@@H]1CCC[C@H](NCc2ccccc2-n2cccn2)C1. The predicted molar refractivity (Wildman–Crippen MR) is 83.8 cm³/mol. The number of carboxylic acids is 1. The highest BCUT2D eigenvalue weighted by Crippen LogP contribution is 2.25. The highest BCUT2D eigenvalue weighted by molar-refractivity contribution is 5.70. The molecular weight excluding hydrogens is 278 g/mol. The molecule has 0 unspecified atom stereocenters. The fourth-order valence-electron chi connectivity index (χ4n) is 3.15. The van der Waals surface area contributed by atoms with Crippen molar-refractivity contribution in [1.29, 1.82) is 0 Å². The quantitative estimate of drug-likeness (QED) is 0.890. The van der Waals surface area contributed by atoms with Gasteiger partial charge in [0.25, 0.3) is 0 Å². The molecule has 0 bridgehead atoms. The number of aromatic nitrogens is 2. The summed E-state index contributed by atoms with van der Waals surface area (Å²) in [5.74, 6) is -0.865. The molecule has 0 radical (unpaired) electrons. The van der Waals surface area contributed by atoms with Crippen LogP contribution in [0.4, 0.5) is 0 Å². The molecule has 1 heterocycles. The van der Waals surface area contributed by atoms with Gasteiger partial charge < -0.3 is 10.4 Å². The molecule has 5 nitrogen and oxygen atoms in total. The third-order valence-corrected chi connectivity index (χ3v) is 4.35. The van der Waals surface area contributed by atoms with Crippen molar-refractivity contribution >= 4 is 5.97 Å². The molecule has 2 atom stereocenters. The summed E-state index contributed by atoms with van der Waals surface area (Å²) < 4.78 is 1.86. The molecule has 1 fully saturated rings. The minimum absolute atomic E-state index is 0.201. The first-order valence-electron chi connectivity index (χ1n) is 7.78. The number of para-hydroxylation sites is 1. The van der Waals surface area contributed by atoms with E-state index in [1.54, 1.807) is 6.20 Å². The van der Waals surface area contributed by atoms with E-state index in [4.69, 9.17) is 0 Å². The molecule has 1 aromatic heterocycles. The molecule has 22 heavy (non-hydrogen) atoms. The number of nitrogens with one attached hydrogen (secondary N) is 1. The van der Waals surface area contributed by atoms with Crippen LogP contribution in [0.3, 0.4) is 0 Å². The lowest BCUT2D eigenvalue weighted by Gasteiger charge is -2.27. The van der Waals surface area contributed by atoms with E-state index in [0.717, 1.165) is 37.9 Å². The molecule has 0 aliphatic heterocycles. The van der Waals surface area contributed by atoms with Crippen molar-refractivity contribution in [2.24, 2.45) is 5.92 Å². The van der Waals surface area contributed by atoms with Crippen LogP contribution in [0, 0.1) is 5.92 Å². The molecule has 0 amide bonds. The third kappa shape index (κ3) is 3.36. The summed E-state index contributed by atoms with van der Waals surface area (Å²) in [5.41, 5.74) is 2.23. The van der Waals surface area contributed by atoms with Crippen molar-refractivity contribution in [2.45, 2.75) is 38.3 Å². The Balaban J connectivity index is 1.66. The fraction of sp³-hybridized carbons (Fsp3) is 0.412. The third-order valence-electron chi connectivity index (χ3n) is 4.35. The van der Waals surface area contributed by atoms with Crippen LogP contribution in [-0.2, 0) is 11.3 Å². The highest BCUT2D eigenvalue weighted by Gasteiger charge is 2.26. The van der Waals surface area contributed by atoms with Gasteiger partial charge in [-0.05, 0) is 37.0 Å². The molecule has 116 valence electrons. The zero-order valence-electron chi connectivity index (χ0n) is 12.5. The number of carboxylic acid groups (broad SMARTS) is 1. The van der Waals surface area contributed by atoms with E-state index in [1.807, 2.05) is 35.1 Å². The molecule has 2 aromatic rings. The first kappa shape index (κ1) is 14.8. The Morgan fingerprint density at radius 1 is 1.32 bits per heavy atom. The number of nitrogens with zero attached hydrogens (tertiary/aromatic N) is 2. The Morgan fingerprint density at radius 2 is 2.18 bits per heavy atom. The fourth-order valence-corrected chi connectivity index (χ4v) is 3.15. The predicted octanol–water partition coefficient (Wildman–Crippen LogP) is 2.61. The number of aliphatic carboxylic acids is 1. The summed E-state index contributed by atoms with van der Waals surface area (Å²) in [6, 6.07) is 10.3.